The largest absolute Gasteiger partial charge is 0.356 e. The molecular formula is C25H21ClFN4O3P. The van der Waals surface area contributed by atoms with Crippen LogP contribution in [-0.2, 0) is 11.1 Å². The van der Waals surface area contributed by atoms with Gasteiger partial charge in [0.25, 0.3) is 0 Å². The first kappa shape index (κ1) is 24.7. The molecule has 178 valence electrons. The fourth-order valence-corrected chi connectivity index (χ4v) is 4.45. The fourth-order valence-electron chi connectivity index (χ4n) is 3.74. The molecule has 3 aromatic carbocycles. The second-order valence-corrected chi connectivity index (χ2v) is 9.66. The molecule has 1 aliphatic heterocycles. The Bertz CT molecular complexity index is 1490. The number of rotatable bonds is 4. The maximum Gasteiger partial charge on any atom is 0.356 e. The van der Waals surface area contributed by atoms with Crippen LogP contribution in [0.15, 0.2) is 77.9 Å². The van der Waals surface area contributed by atoms with E-state index in [9.17, 15) is 18.7 Å². The molecule has 1 aliphatic rings. The number of aliphatic imine (C=N–C) groups is 1. The average molecular weight is 511 g/mol. The Morgan fingerprint density at radius 3 is 2.43 bits per heavy atom. The first-order chi connectivity index (χ1) is 16.3. The number of fused-ring (bicyclic) bond motifs is 3. The van der Waals surface area contributed by atoms with Crippen molar-refractivity contribution in [2.24, 2.45) is 4.99 Å². The van der Waals surface area contributed by atoms with E-state index in [1.807, 2.05) is 6.07 Å². The lowest BCUT2D eigenvalue weighted by molar-refractivity contribution is 0.387. The molecule has 5 rings (SSSR count). The van der Waals surface area contributed by atoms with Crippen molar-refractivity contribution in [2.75, 3.05) is 5.32 Å². The van der Waals surface area contributed by atoms with Gasteiger partial charge in [-0.1, -0.05) is 37.2 Å². The zero-order valence-electron chi connectivity index (χ0n) is 17.5. The van der Waals surface area contributed by atoms with Crippen LogP contribution in [-0.4, -0.2) is 25.5 Å². The second-order valence-electron chi connectivity index (χ2n) is 7.62. The zero-order valence-corrected chi connectivity index (χ0v) is 19.1. The molecule has 0 spiro atoms. The van der Waals surface area contributed by atoms with Crippen LogP contribution < -0.4 is 10.6 Å². The Kier molecular flexibility index (Phi) is 6.83. The van der Waals surface area contributed by atoms with E-state index in [0.29, 0.717) is 33.2 Å². The number of hydrogen-bond donors (Lipinski definition) is 3. The van der Waals surface area contributed by atoms with Gasteiger partial charge in [-0.2, -0.15) is 0 Å². The smallest absolute Gasteiger partial charge is 0.324 e. The van der Waals surface area contributed by atoms with E-state index in [2.05, 4.69) is 20.3 Å². The summed E-state index contributed by atoms with van der Waals surface area (Å²) < 4.78 is 26.0. The molecule has 0 fully saturated rings. The molecule has 0 saturated heterocycles. The number of nitrogens with zero attached hydrogens (tertiary/aromatic N) is 3. The molecular weight excluding hydrogens is 490 g/mol. The van der Waals surface area contributed by atoms with E-state index >= 15 is 0 Å². The van der Waals surface area contributed by atoms with Crippen LogP contribution in [0.1, 0.15) is 24.1 Å². The van der Waals surface area contributed by atoms with Crippen LogP contribution in [0, 0.1) is 5.82 Å². The maximum absolute atomic E-state index is 14.6. The third-order valence-electron chi connectivity index (χ3n) is 5.35. The number of nitrogens with one attached hydrogen (secondary N) is 1. The molecule has 4 aromatic rings. The van der Waals surface area contributed by atoms with Gasteiger partial charge in [-0.25, -0.2) is 14.4 Å². The summed E-state index contributed by atoms with van der Waals surface area (Å²) in [5, 5.41) is 3.46. The highest BCUT2D eigenvalue weighted by molar-refractivity contribution is 7.60. The number of halogens is 2. The summed E-state index contributed by atoms with van der Waals surface area (Å²) in [6, 6.07) is 17.5. The molecule has 0 aliphatic carbocycles. The van der Waals surface area contributed by atoms with Gasteiger partial charge in [0.2, 0.25) is 5.95 Å². The minimum absolute atomic E-state index is 0. The zero-order chi connectivity index (χ0) is 23.9. The van der Waals surface area contributed by atoms with Gasteiger partial charge in [0.05, 0.1) is 23.3 Å². The summed E-state index contributed by atoms with van der Waals surface area (Å²) in [6.45, 7) is 0.253. The van der Waals surface area contributed by atoms with Crippen molar-refractivity contribution in [3.05, 3.63) is 100 Å². The monoisotopic (exact) mass is 510 g/mol. The summed E-state index contributed by atoms with van der Waals surface area (Å²) in [5.41, 5.74) is 4.20. The molecule has 10 heteroatoms. The molecule has 0 saturated carbocycles. The molecule has 0 amide bonds. The van der Waals surface area contributed by atoms with Crippen molar-refractivity contribution in [3.63, 3.8) is 0 Å². The number of aromatic nitrogens is 2. The summed E-state index contributed by atoms with van der Waals surface area (Å²) >= 11 is 6.28. The molecule has 3 N–H and O–H groups in total. The van der Waals surface area contributed by atoms with Gasteiger partial charge >= 0.3 is 7.60 Å². The van der Waals surface area contributed by atoms with Crippen LogP contribution in [0.2, 0.25) is 5.02 Å². The normalized spacial score (nSPS) is 12.5. The first-order valence-corrected chi connectivity index (χ1v) is 12.2. The first-order valence-electron chi connectivity index (χ1n) is 10.2. The van der Waals surface area contributed by atoms with Gasteiger partial charge in [0, 0.05) is 39.2 Å². The van der Waals surface area contributed by atoms with Crippen molar-refractivity contribution in [3.8, 4) is 11.3 Å². The molecule has 0 atom stereocenters. The van der Waals surface area contributed by atoms with E-state index in [4.69, 9.17) is 11.6 Å². The summed E-state index contributed by atoms with van der Waals surface area (Å²) in [5.74, 6) is -0.0942. The van der Waals surface area contributed by atoms with Crippen LogP contribution in [0.3, 0.4) is 0 Å². The predicted octanol–water partition coefficient (Wildman–Crippen LogP) is 5.47. The third kappa shape index (κ3) is 5.01. The minimum Gasteiger partial charge on any atom is -0.324 e. The Labute approximate surface area is 206 Å². The summed E-state index contributed by atoms with van der Waals surface area (Å²) in [7, 11) is -4.33. The number of anilines is 2. The lowest BCUT2D eigenvalue weighted by Gasteiger charge is -2.13. The Balaban J connectivity index is 0.00000289. The highest BCUT2D eigenvalue weighted by atomic mass is 35.5. The van der Waals surface area contributed by atoms with E-state index in [0.717, 1.165) is 11.1 Å². The molecule has 2 heterocycles. The van der Waals surface area contributed by atoms with Crippen molar-refractivity contribution >= 4 is 41.8 Å². The van der Waals surface area contributed by atoms with Crippen molar-refractivity contribution in [1.29, 1.82) is 0 Å². The van der Waals surface area contributed by atoms with Gasteiger partial charge in [-0.05, 0) is 48.5 Å². The van der Waals surface area contributed by atoms with E-state index < -0.39 is 7.60 Å². The Morgan fingerprint density at radius 2 is 1.71 bits per heavy atom. The SMILES string of the molecule is C.O=P(O)(O)c1ccc(Nc2ncc3c(n2)-c2ccc(Cl)cc2C(c2ccccc2F)=NC3)cc1. The highest BCUT2D eigenvalue weighted by Gasteiger charge is 2.23. The molecule has 7 nitrogen and oxygen atoms in total. The van der Waals surface area contributed by atoms with E-state index in [1.165, 1.54) is 30.3 Å². The van der Waals surface area contributed by atoms with Gasteiger partial charge in [-0.15, -0.1) is 0 Å². The van der Waals surface area contributed by atoms with Crippen LogP contribution >= 0.6 is 19.2 Å². The predicted molar refractivity (Wildman–Crippen MR) is 136 cm³/mol. The second kappa shape index (κ2) is 9.68. The number of benzene rings is 3. The van der Waals surface area contributed by atoms with Crippen LogP contribution in [0.4, 0.5) is 16.0 Å². The highest BCUT2D eigenvalue weighted by Crippen LogP contribution is 2.35. The topological polar surface area (TPSA) is 108 Å². The summed E-state index contributed by atoms with van der Waals surface area (Å²) in [6.07, 6.45) is 1.65. The summed E-state index contributed by atoms with van der Waals surface area (Å²) in [4.78, 5) is 32.3. The van der Waals surface area contributed by atoms with Crippen molar-refractivity contribution < 1.29 is 18.7 Å². The van der Waals surface area contributed by atoms with E-state index in [-0.39, 0.29) is 31.0 Å². The maximum atomic E-state index is 14.6. The third-order valence-corrected chi connectivity index (χ3v) is 6.56. The molecule has 0 unspecified atom stereocenters. The average Bonchev–Trinajstić information content (AvgIpc) is 2.96. The Morgan fingerprint density at radius 1 is 0.971 bits per heavy atom. The number of hydrogen-bond acceptors (Lipinski definition) is 5. The molecule has 1 aromatic heterocycles. The van der Waals surface area contributed by atoms with Crippen molar-refractivity contribution in [2.45, 2.75) is 14.0 Å². The standard InChI is InChI=1S/C24H17ClFN4O3P.CH4/c25-15-5-10-18-20(11-15)23(19-3-1-2-4-21(19)26)27-12-14-13-28-24(30-22(14)18)29-16-6-8-17(9-7-16)34(31,32)33;/h1-11,13H,12H2,(H,28,29,30)(H2,31,32,33);1H4. The lowest BCUT2D eigenvalue weighted by Crippen LogP contribution is -2.07. The van der Waals surface area contributed by atoms with Crippen LogP contribution in [0.25, 0.3) is 11.3 Å². The van der Waals surface area contributed by atoms with Gasteiger partial charge < -0.3 is 15.1 Å². The van der Waals surface area contributed by atoms with Gasteiger partial charge in [0.1, 0.15) is 5.82 Å². The van der Waals surface area contributed by atoms with Crippen molar-refractivity contribution in [1.82, 2.24) is 9.97 Å². The van der Waals surface area contributed by atoms with Gasteiger partial charge in [-0.3, -0.25) is 9.56 Å². The molecule has 0 bridgehead atoms. The lowest BCUT2D eigenvalue weighted by atomic mass is 9.95. The fraction of sp³-hybridized carbons (Fsp3) is 0.0800. The minimum atomic E-state index is -4.33. The van der Waals surface area contributed by atoms with Crippen LogP contribution in [0.5, 0.6) is 0 Å². The quantitative estimate of drug-likeness (QED) is 0.314. The molecule has 0 radical (unpaired) electrons. The molecule has 35 heavy (non-hydrogen) atoms. The van der Waals surface area contributed by atoms with E-state index in [1.54, 1.807) is 36.5 Å². The van der Waals surface area contributed by atoms with Gasteiger partial charge in [0.15, 0.2) is 0 Å². The Hall–Kier alpha value is -3.42.